The number of benzene rings is 1. The lowest BCUT2D eigenvalue weighted by Crippen LogP contribution is -2.39. The molecular formula is C23H26ClN3O. The van der Waals surface area contributed by atoms with Crippen LogP contribution in [0, 0.1) is 6.92 Å². The van der Waals surface area contributed by atoms with Gasteiger partial charge in [0.25, 0.3) is 0 Å². The molecule has 3 aromatic rings. The molecule has 0 N–H and O–H groups in total. The van der Waals surface area contributed by atoms with E-state index in [1.807, 2.05) is 43.5 Å². The molecule has 0 bridgehead atoms. The molecule has 2 aromatic heterocycles. The lowest BCUT2D eigenvalue weighted by Gasteiger charge is -2.35. The first-order valence-corrected chi connectivity index (χ1v) is 10.4. The largest absolute Gasteiger partial charge is 0.441 e. The van der Waals surface area contributed by atoms with Gasteiger partial charge >= 0.3 is 0 Å². The number of halogens is 1. The van der Waals surface area contributed by atoms with Crippen molar-refractivity contribution in [3.8, 4) is 11.5 Å². The van der Waals surface area contributed by atoms with Crippen molar-refractivity contribution in [3.05, 3.63) is 70.8 Å². The number of rotatable bonds is 6. The molecule has 1 aromatic carbocycles. The molecule has 5 heteroatoms. The maximum absolute atomic E-state index is 5.99. The van der Waals surface area contributed by atoms with Gasteiger partial charge in [-0.15, -0.1) is 0 Å². The van der Waals surface area contributed by atoms with E-state index in [2.05, 4.69) is 22.0 Å². The van der Waals surface area contributed by atoms with E-state index < -0.39 is 0 Å². The van der Waals surface area contributed by atoms with Gasteiger partial charge in [-0.3, -0.25) is 9.88 Å². The van der Waals surface area contributed by atoms with Crippen molar-refractivity contribution in [2.24, 2.45) is 0 Å². The highest BCUT2D eigenvalue weighted by Gasteiger charge is 2.24. The van der Waals surface area contributed by atoms with E-state index in [9.17, 15) is 0 Å². The monoisotopic (exact) mass is 395 g/mol. The third-order valence-electron chi connectivity index (χ3n) is 5.55. The third-order valence-corrected chi connectivity index (χ3v) is 5.80. The van der Waals surface area contributed by atoms with E-state index in [1.54, 1.807) is 0 Å². The molecule has 0 amide bonds. The number of aromatic nitrogens is 2. The molecule has 0 spiro atoms. The highest BCUT2D eigenvalue weighted by molar-refractivity contribution is 6.30. The van der Waals surface area contributed by atoms with Crippen LogP contribution in [0.15, 0.2) is 53.1 Å². The topological polar surface area (TPSA) is 42.2 Å². The van der Waals surface area contributed by atoms with Crippen molar-refractivity contribution in [2.45, 2.75) is 51.6 Å². The molecule has 1 fully saturated rings. The minimum atomic E-state index is 0.575. The summed E-state index contributed by atoms with van der Waals surface area (Å²) in [5.41, 5.74) is 3.18. The zero-order valence-corrected chi connectivity index (χ0v) is 17.0. The number of aryl methyl sites for hydroxylation is 2. The first kappa shape index (κ1) is 19.2. The van der Waals surface area contributed by atoms with E-state index in [4.69, 9.17) is 21.0 Å². The second-order valence-corrected chi connectivity index (χ2v) is 7.95. The average molecular weight is 396 g/mol. The van der Waals surface area contributed by atoms with Crippen LogP contribution >= 0.6 is 11.6 Å². The number of oxazole rings is 1. The van der Waals surface area contributed by atoms with Gasteiger partial charge in [-0.1, -0.05) is 24.1 Å². The first-order valence-electron chi connectivity index (χ1n) is 10.1. The van der Waals surface area contributed by atoms with Gasteiger partial charge in [0.05, 0.1) is 5.69 Å². The molecule has 146 valence electrons. The van der Waals surface area contributed by atoms with E-state index >= 15 is 0 Å². The maximum atomic E-state index is 5.99. The standard InChI is InChI=1S/C23H26ClN3O/c1-17-22(26-23(28-17)18-8-10-19(24)11-9-18)16-27-15-5-3-7-21(27)13-12-20-6-2-4-14-25-20/h2,4,6,8-11,14,21H,3,5,7,12-13,15-16H2,1H3. The van der Waals surface area contributed by atoms with Crippen LogP contribution in [0.3, 0.4) is 0 Å². The number of likely N-dealkylation sites (tertiary alicyclic amines) is 1. The van der Waals surface area contributed by atoms with Crippen molar-refractivity contribution >= 4 is 11.6 Å². The number of nitrogens with zero attached hydrogens (tertiary/aromatic N) is 3. The van der Waals surface area contributed by atoms with Gasteiger partial charge in [0.1, 0.15) is 5.76 Å². The minimum absolute atomic E-state index is 0.575. The van der Waals surface area contributed by atoms with E-state index in [-0.39, 0.29) is 0 Å². The van der Waals surface area contributed by atoms with Gasteiger partial charge in [0.15, 0.2) is 0 Å². The summed E-state index contributed by atoms with van der Waals surface area (Å²) in [5.74, 6) is 1.57. The Kier molecular flexibility index (Phi) is 6.08. The number of piperidine rings is 1. The van der Waals surface area contributed by atoms with Crippen LogP contribution in [-0.2, 0) is 13.0 Å². The van der Waals surface area contributed by atoms with Gasteiger partial charge in [-0.2, -0.15) is 0 Å². The molecule has 0 aliphatic carbocycles. The SMILES string of the molecule is Cc1oc(-c2ccc(Cl)cc2)nc1CN1CCCCC1CCc1ccccn1. The van der Waals surface area contributed by atoms with Gasteiger partial charge in [0, 0.05) is 35.1 Å². The van der Waals surface area contributed by atoms with Crippen molar-refractivity contribution in [1.82, 2.24) is 14.9 Å². The molecule has 4 nitrogen and oxygen atoms in total. The fourth-order valence-electron chi connectivity index (χ4n) is 3.94. The molecule has 28 heavy (non-hydrogen) atoms. The van der Waals surface area contributed by atoms with E-state index in [0.29, 0.717) is 11.9 Å². The Labute approximate surface area is 171 Å². The number of hydrogen-bond acceptors (Lipinski definition) is 4. The van der Waals surface area contributed by atoms with Crippen molar-refractivity contribution in [3.63, 3.8) is 0 Å². The zero-order chi connectivity index (χ0) is 19.3. The fraction of sp³-hybridized carbons (Fsp3) is 0.391. The highest BCUT2D eigenvalue weighted by Crippen LogP contribution is 2.27. The Bertz CT molecular complexity index is 892. The summed E-state index contributed by atoms with van der Waals surface area (Å²) in [6, 6.07) is 14.4. The van der Waals surface area contributed by atoms with E-state index in [0.717, 1.165) is 48.0 Å². The van der Waals surface area contributed by atoms with Crippen LogP contribution in [0.5, 0.6) is 0 Å². The molecule has 1 unspecified atom stereocenters. The highest BCUT2D eigenvalue weighted by atomic mass is 35.5. The van der Waals surface area contributed by atoms with Crippen LogP contribution < -0.4 is 0 Å². The Hall–Kier alpha value is -2.17. The Morgan fingerprint density at radius 3 is 2.79 bits per heavy atom. The molecule has 1 aliphatic heterocycles. The summed E-state index contributed by atoms with van der Waals surface area (Å²) in [4.78, 5) is 11.8. The van der Waals surface area contributed by atoms with Crippen molar-refractivity contribution < 1.29 is 4.42 Å². The number of hydrogen-bond donors (Lipinski definition) is 0. The normalized spacial score (nSPS) is 17.7. The third kappa shape index (κ3) is 4.62. The van der Waals surface area contributed by atoms with Crippen LogP contribution in [0.1, 0.15) is 42.8 Å². The van der Waals surface area contributed by atoms with Crippen molar-refractivity contribution in [1.29, 1.82) is 0 Å². The van der Waals surface area contributed by atoms with Crippen LogP contribution in [0.4, 0.5) is 0 Å². The number of pyridine rings is 1. The van der Waals surface area contributed by atoms with Gasteiger partial charge < -0.3 is 4.42 Å². The molecule has 0 saturated carbocycles. The summed E-state index contributed by atoms with van der Waals surface area (Å²) in [7, 11) is 0. The lowest BCUT2D eigenvalue weighted by molar-refractivity contribution is 0.130. The summed E-state index contributed by atoms with van der Waals surface area (Å²) in [6.45, 7) is 3.97. The Morgan fingerprint density at radius 1 is 1.14 bits per heavy atom. The second kappa shape index (κ2) is 8.89. The molecule has 3 heterocycles. The van der Waals surface area contributed by atoms with E-state index in [1.165, 1.54) is 25.0 Å². The summed E-state index contributed by atoms with van der Waals surface area (Å²) in [6.07, 6.45) is 7.84. The molecule has 1 atom stereocenters. The first-order chi connectivity index (χ1) is 13.7. The Morgan fingerprint density at radius 2 is 2.00 bits per heavy atom. The van der Waals surface area contributed by atoms with Gasteiger partial charge in [-0.05, 0) is 75.5 Å². The summed E-state index contributed by atoms with van der Waals surface area (Å²) < 4.78 is 5.96. The minimum Gasteiger partial charge on any atom is -0.441 e. The fourth-order valence-corrected chi connectivity index (χ4v) is 4.06. The quantitative estimate of drug-likeness (QED) is 0.538. The molecular weight excluding hydrogens is 370 g/mol. The molecule has 0 radical (unpaired) electrons. The van der Waals surface area contributed by atoms with Crippen LogP contribution in [-0.4, -0.2) is 27.5 Å². The molecule has 1 saturated heterocycles. The summed E-state index contributed by atoms with van der Waals surface area (Å²) >= 11 is 5.99. The predicted molar refractivity (Wildman–Crippen MR) is 112 cm³/mol. The maximum Gasteiger partial charge on any atom is 0.226 e. The zero-order valence-electron chi connectivity index (χ0n) is 16.3. The van der Waals surface area contributed by atoms with Crippen molar-refractivity contribution in [2.75, 3.05) is 6.54 Å². The van der Waals surface area contributed by atoms with Crippen LogP contribution in [0.25, 0.3) is 11.5 Å². The Balaban J connectivity index is 1.45. The van der Waals surface area contributed by atoms with Crippen LogP contribution in [0.2, 0.25) is 5.02 Å². The molecule has 4 rings (SSSR count). The summed E-state index contributed by atoms with van der Waals surface area (Å²) in [5, 5.41) is 0.719. The second-order valence-electron chi connectivity index (χ2n) is 7.51. The van der Waals surface area contributed by atoms with Gasteiger partial charge in [0.2, 0.25) is 5.89 Å². The van der Waals surface area contributed by atoms with Gasteiger partial charge in [-0.25, -0.2) is 4.98 Å². The average Bonchev–Trinajstić information content (AvgIpc) is 3.09. The predicted octanol–water partition coefficient (Wildman–Crippen LogP) is 5.69. The lowest BCUT2D eigenvalue weighted by atomic mass is 9.96. The molecule has 1 aliphatic rings. The smallest absolute Gasteiger partial charge is 0.226 e.